The summed E-state index contributed by atoms with van der Waals surface area (Å²) in [7, 11) is 3.61. The Kier molecular flexibility index (Phi) is 4.12. The number of likely N-dealkylation sites (tertiary alicyclic amines) is 1. The average molecular weight is 289 g/mol. The molecule has 1 amide bonds. The predicted molar refractivity (Wildman–Crippen MR) is 83.7 cm³/mol. The zero-order chi connectivity index (χ0) is 14.8. The Morgan fingerprint density at radius 2 is 2.33 bits per heavy atom. The highest BCUT2D eigenvalue weighted by Crippen LogP contribution is 2.30. The average Bonchev–Trinajstić information content (AvgIpc) is 2.94. The summed E-state index contributed by atoms with van der Waals surface area (Å²) in [6.07, 6.45) is 3.04. The maximum Gasteiger partial charge on any atom is 0.242 e. The minimum absolute atomic E-state index is 0.0689. The van der Waals surface area contributed by atoms with E-state index in [1.54, 1.807) is 7.11 Å². The summed E-state index contributed by atoms with van der Waals surface area (Å²) in [5, 5.41) is 6.17. The van der Waals surface area contributed by atoms with Crippen molar-refractivity contribution in [3.8, 4) is 0 Å². The van der Waals surface area contributed by atoms with Crippen LogP contribution in [0.15, 0.2) is 18.2 Å². The molecule has 0 radical (unpaired) electrons. The highest BCUT2D eigenvalue weighted by Gasteiger charge is 2.37. The first-order valence-electron chi connectivity index (χ1n) is 7.59. The molecule has 1 aromatic rings. The number of rotatable bonds is 4. The van der Waals surface area contributed by atoms with Crippen molar-refractivity contribution in [2.24, 2.45) is 0 Å². The molecule has 114 valence electrons. The molecule has 2 heterocycles. The van der Waals surface area contributed by atoms with E-state index in [1.165, 1.54) is 5.56 Å². The van der Waals surface area contributed by atoms with Gasteiger partial charge in [-0.1, -0.05) is 6.07 Å². The first kappa shape index (κ1) is 14.4. The SMILES string of the molecule is CNc1ccc2c(c1)NC(=O)C(N1CCCC1COC)C2. The molecule has 5 heteroatoms. The van der Waals surface area contributed by atoms with Crippen molar-refractivity contribution in [3.05, 3.63) is 23.8 Å². The van der Waals surface area contributed by atoms with Crippen LogP contribution in [0.25, 0.3) is 0 Å². The highest BCUT2D eigenvalue weighted by atomic mass is 16.5. The second-order valence-electron chi connectivity index (χ2n) is 5.82. The summed E-state index contributed by atoms with van der Waals surface area (Å²) in [5.41, 5.74) is 3.16. The topological polar surface area (TPSA) is 53.6 Å². The number of anilines is 2. The number of hydrogen-bond acceptors (Lipinski definition) is 4. The molecule has 2 atom stereocenters. The van der Waals surface area contributed by atoms with Crippen LogP contribution in [-0.2, 0) is 16.0 Å². The van der Waals surface area contributed by atoms with E-state index in [1.807, 2.05) is 13.1 Å². The molecule has 5 nitrogen and oxygen atoms in total. The van der Waals surface area contributed by atoms with Crippen molar-refractivity contribution >= 4 is 17.3 Å². The van der Waals surface area contributed by atoms with Gasteiger partial charge in [-0.05, 0) is 43.5 Å². The quantitative estimate of drug-likeness (QED) is 0.886. The van der Waals surface area contributed by atoms with Gasteiger partial charge >= 0.3 is 0 Å². The number of methoxy groups -OCH3 is 1. The van der Waals surface area contributed by atoms with E-state index in [-0.39, 0.29) is 11.9 Å². The fourth-order valence-electron chi connectivity index (χ4n) is 3.45. The van der Waals surface area contributed by atoms with Crippen LogP contribution >= 0.6 is 0 Å². The Balaban J connectivity index is 1.80. The molecule has 2 N–H and O–H groups in total. The second kappa shape index (κ2) is 6.03. The minimum atomic E-state index is -0.0689. The van der Waals surface area contributed by atoms with E-state index < -0.39 is 0 Å². The number of carbonyl (C=O) groups excluding carboxylic acids is 1. The summed E-state index contributed by atoms with van der Waals surface area (Å²) >= 11 is 0. The number of ether oxygens (including phenoxy) is 1. The number of benzene rings is 1. The third-order valence-electron chi connectivity index (χ3n) is 4.55. The van der Waals surface area contributed by atoms with E-state index in [0.29, 0.717) is 12.6 Å². The van der Waals surface area contributed by atoms with Gasteiger partial charge in [0, 0.05) is 31.6 Å². The molecule has 0 aromatic heterocycles. The molecular weight excluding hydrogens is 266 g/mol. The van der Waals surface area contributed by atoms with Crippen LogP contribution < -0.4 is 10.6 Å². The summed E-state index contributed by atoms with van der Waals surface area (Å²) in [4.78, 5) is 14.8. The fraction of sp³-hybridized carbons (Fsp3) is 0.562. The Labute approximate surface area is 125 Å². The monoisotopic (exact) mass is 289 g/mol. The van der Waals surface area contributed by atoms with Crippen LogP contribution in [0.1, 0.15) is 18.4 Å². The van der Waals surface area contributed by atoms with Crippen LogP contribution in [0.4, 0.5) is 11.4 Å². The van der Waals surface area contributed by atoms with E-state index in [2.05, 4.69) is 27.7 Å². The van der Waals surface area contributed by atoms with Crippen LogP contribution in [-0.4, -0.2) is 50.2 Å². The van der Waals surface area contributed by atoms with Gasteiger partial charge in [-0.3, -0.25) is 9.69 Å². The Bertz CT molecular complexity index is 532. The summed E-state index contributed by atoms with van der Waals surface area (Å²) < 4.78 is 5.30. The molecule has 3 rings (SSSR count). The molecule has 1 saturated heterocycles. The van der Waals surface area contributed by atoms with Crippen molar-refractivity contribution in [2.75, 3.05) is 37.9 Å². The molecule has 1 fully saturated rings. The zero-order valence-corrected chi connectivity index (χ0v) is 12.7. The molecule has 2 unspecified atom stereocenters. The van der Waals surface area contributed by atoms with E-state index in [0.717, 1.165) is 37.2 Å². The molecule has 0 saturated carbocycles. The lowest BCUT2D eigenvalue weighted by Crippen LogP contribution is -2.50. The third kappa shape index (κ3) is 2.76. The normalized spacial score (nSPS) is 25.5. The lowest BCUT2D eigenvalue weighted by atomic mass is 9.97. The van der Waals surface area contributed by atoms with Crippen LogP contribution in [0.2, 0.25) is 0 Å². The van der Waals surface area contributed by atoms with E-state index in [4.69, 9.17) is 4.74 Å². The smallest absolute Gasteiger partial charge is 0.242 e. The van der Waals surface area contributed by atoms with Gasteiger partial charge < -0.3 is 15.4 Å². The molecule has 21 heavy (non-hydrogen) atoms. The van der Waals surface area contributed by atoms with Crippen molar-refractivity contribution in [2.45, 2.75) is 31.3 Å². The van der Waals surface area contributed by atoms with Crippen LogP contribution in [0.5, 0.6) is 0 Å². The highest BCUT2D eigenvalue weighted by molar-refractivity contribution is 5.98. The van der Waals surface area contributed by atoms with E-state index in [9.17, 15) is 4.79 Å². The maximum atomic E-state index is 12.5. The molecule has 0 spiro atoms. The summed E-state index contributed by atoms with van der Waals surface area (Å²) in [6, 6.07) is 6.46. The zero-order valence-electron chi connectivity index (χ0n) is 12.7. The number of nitrogens with one attached hydrogen (secondary N) is 2. The van der Waals surface area contributed by atoms with Crippen LogP contribution in [0.3, 0.4) is 0 Å². The van der Waals surface area contributed by atoms with Gasteiger partial charge in [-0.15, -0.1) is 0 Å². The van der Waals surface area contributed by atoms with Gasteiger partial charge in [0.2, 0.25) is 5.91 Å². The first-order chi connectivity index (χ1) is 10.2. The molecular formula is C16H23N3O2. The number of carbonyl (C=O) groups is 1. The number of hydrogen-bond donors (Lipinski definition) is 2. The summed E-state index contributed by atoms with van der Waals surface area (Å²) in [5.74, 6) is 0.110. The van der Waals surface area contributed by atoms with Crippen molar-refractivity contribution in [1.29, 1.82) is 0 Å². The largest absolute Gasteiger partial charge is 0.388 e. The molecule has 2 aliphatic heterocycles. The Morgan fingerprint density at radius 3 is 3.10 bits per heavy atom. The molecule has 0 bridgehead atoms. The number of fused-ring (bicyclic) bond motifs is 1. The van der Waals surface area contributed by atoms with E-state index >= 15 is 0 Å². The van der Waals surface area contributed by atoms with Crippen molar-refractivity contribution in [3.63, 3.8) is 0 Å². The molecule has 1 aromatic carbocycles. The van der Waals surface area contributed by atoms with Gasteiger partial charge in [-0.2, -0.15) is 0 Å². The third-order valence-corrected chi connectivity index (χ3v) is 4.55. The molecule has 0 aliphatic carbocycles. The van der Waals surface area contributed by atoms with Crippen molar-refractivity contribution in [1.82, 2.24) is 4.90 Å². The number of nitrogens with zero attached hydrogens (tertiary/aromatic N) is 1. The van der Waals surface area contributed by atoms with Crippen molar-refractivity contribution < 1.29 is 9.53 Å². The molecule has 2 aliphatic rings. The lowest BCUT2D eigenvalue weighted by molar-refractivity contribution is -0.122. The maximum absolute atomic E-state index is 12.5. The van der Waals surface area contributed by atoms with Gasteiger partial charge in [0.05, 0.1) is 12.6 Å². The Hall–Kier alpha value is -1.59. The fourth-order valence-corrected chi connectivity index (χ4v) is 3.45. The van der Waals surface area contributed by atoms with Gasteiger partial charge in [0.1, 0.15) is 0 Å². The Morgan fingerprint density at radius 1 is 1.48 bits per heavy atom. The first-order valence-corrected chi connectivity index (χ1v) is 7.59. The van der Waals surface area contributed by atoms with Gasteiger partial charge in [0.25, 0.3) is 0 Å². The minimum Gasteiger partial charge on any atom is -0.388 e. The van der Waals surface area contributed by atoms with Gasteiger partial charge in [0.15, 0.2) is 0 Å². The standard InChI is InChI=1S/C16H23N3O2/c1-17-12-6-5-11-8-15(16(20)18-14(11)9-12)19-7-3-4-13(19)10-21-2/h5-6,9,13,15,17H,3-4,7-8,10H2,1-2H3,(H,18,20). The number of amides is 1. The van der Waals surface area contributed by atoms with Gasteiger partial charge in [-0.25, -0.2) is 0 Å². The lowest BCUT2D eigenvalue weighted by Gasteiger charge is -2.35. The predicted octanol–water partition coefficient (Wildman–Crippen LogP) is 1.70. The van der Waals surface area contributed by atoms with Crippen LogP contribution in [0, 0.1) is 0 Å². The second-order valence-corrected chi connectivity index (χ2v) is 5.82. The summed E-state index contributed by atoms with van der Waals surface area (Å²) in [6.45, 7) is 1.69.